The minimum Gasteiger partial charge on any atom is -0.321 e. The average molecular weight is 316 g/mol. The first-order valence-electron chi connectivity index (χ1n) is 5.74. The van der Waals surface area contributed by atoms with Gasteiger partial charge in [-0.15, -0.1) is 0 Å². The van der Waals surface area contributed by atoms with E-state index in [4.69, 9.17) is 11.6 Å². The van der Waals surface area contributed by atoms with Gasteiger partial charge in [0.1, 0.15) is 12.0 Å². The summed E-state index contributed by atoms with van der Waals surface area (Å²) in [6.07, 6.45) is -3.39. The Balaban J connectivity index is 2.26. The van der Waals surface area contributed by atoms with Gasteiger partial charge in [0.2, 0.25) is 0 Å². The number of nitrogens with one attached hydrogen (secondary N) is 1. The van der Waals surface area contributed by atoms with Crippen LogP contribution in [-0.4, -0.2) is 15.9 Å². The number of amides is 1. The lowest BCUT2D eigenvalue weighted by Gasteiger charge is -2.11. The van der Waals surface area contributed by atoms with E-state index in [1.165, 1.54) is 18.5 Å². The lowest BCUT2D eigenvalue weighted by molar-refractivity contribution is -0.137. The second-order valence-corrected chi connectivity index (χ2v) is 4.60. The average Bonchev–Trinajstić information content (AvgIpc) is 2.39. The molecule has 21 heavy (non-hydrogen) atoms. The van der Waals surface area contributed by atoms with Crippen molar-refractivity contribution in [2.45, 2.75) is 13.1 Å². The summed E-state index contributed by atoms with van der Waals surface area (Å²) < 4.78 is 38.2. The molecule has 0 spiro atoms. The third-order valence-corrected chi connectivity index (χ3v) is 2.90. The van der Waals surface area contributed by atoms with E-state index < -0.39 is 22.7 Å². The summed E-state index contributed by atoms with van der Waals surface area (Å²) in [7, 11) is 0. The van der Waals surface area contributed by atoms with Gasteiger partial charge in [0.05, 0.1) is 10.6 Å². The van der Waals surface area contributed by atoms with Crippen molar-refractivity contribution in [3.63, 3.8) is 0 Å². The van der Waals surface area contributed by atoms with Crippen LogP contribution in [0.25, 0.3) is 0 Å². The number of alkyl halides is 3. The SMILES string of the molecule is Cc1cc(C(=O)Nc2ccc(Cl)c(C(F)(F)F)c2)ncn1. The van der Waals surface area contributed by atoms with Gasteiger partial charge in [-0.05, 0) is 31.2 Å². The summed E-state index contributed by atoms with van der Waals surface area (Å²) in [6, 6.07) is 4.55. The standard InChI is InChI=1S/C13H9ClF3N3O/c1-7-4-11(19-6-18-7)12(21)20-8-2-3-10(14)9(5-8)13(15,16)17/h2-6H,1H3,(H,20,21). The molecule has 0 saturated carbocycles. The zero-order valence-corrected chi connectivity index (χ0v) is 11.5. The molecule has 1 N–H and O–H groups in total. The van der Waals surface area contributed by atoms with Gasteiger partial charge in [0.15, 0.2) is 0 Å². The largest absolute Gasteiger partial charge is 0.417 e. The number of halogens is 4. The minimum absolute atomic E-state index is 0.0204. The summed E-state index contributed by atoms with van der Waals surface area (Å²) in [6.45, 7) is 1.67. The molecule has 1 amide bonds. The Morgan fingerprint density at radius 1 is 1.24 bits per heavy atom. The van der Waals surface area contributed by atoms with Crippen LogP contribution < -0.4 is 5.32 Å². The van der Waals surface area contributed by atoms with Crippen molar-refractivity contribution in [3.8, 4) is 0 Å². The van der Waals surface area contributed by atoms with Crippen LogP contribution in [0.15, 0.2) is 30.6 Å². The quantitative estimate of drug-likeness (QED) is 0.919. The first kappa shape index (κ1) is 15.2. The normalized spacial score (nSPS) is 11.3. The van der Waals surface area contributed by atoms with Crippen LogP contribution in [0.5, 0.6) is 0 Å². The van der Waals surface area contributed by atoms with E-state index in [2.05, 4.69) is 15.3 Å². The van der Waals surface area contributed by atoms with Gasteiger partial charge < -0.3 is 5.32 Å². The lowest BCUT2D eigenvalue weighted by atomic mass is 10.2. The van der Waals surface area contributed by atoms with E-state index in [-0.39, 0.29) is 11.4 Å². The second-order valence-electron chi connectivity index (χ2n) is 4.19. The Morgan fingerprint density at radius 2 is 1.95 bits per heavy atom. The van der Waals surface area contributed by atoms with E-state index in [0.717, 1.165) is 12.1 Å². The maximum Gasteiger partial charge on any atom is 0.417 e. The molecule has 0 saturated heterocycles. The number of carbonyl (C=O) groups excluding carboxylic acids is 1. The van der Waals surface area contributed by atoms with E-state index in [0.29, 0.717) is 5.69 Å². The molecule has 0 aliphatic heterocycles. The molecule has 1 aromatic carbocycles. The molecule has 0 aliphatic rings. The fourth-order valence-electron chi connectivity index (χ4n) is 1.59. The third kappa shape index (κ3) is 3.69. The molecular weight excluding hydrogens is 307 g/mol. The van der Waals surface area contributed by atoms with Crippen molar-refractivity contribution in [2.24, 2.45) is 0 Å². The zero-order chi connectivity index (χ0) is 15.6. The molecule has 0 unspecified atom stereocenters. The molecule has 0 radical (unpaired) electrons. The Morgan fingerprint density at radius 3 is 2.57 bits per heavy atom. The highest BCUT2D eigenvalue weighted by Gasteiger charge is 2.33. The predicted octanol–water partition coefficient (Wildman–Crippen LogP) is 3.71. The van der Waals surface area contributed by atoms with Crippen LogP contribution in [0, 0.1) is 6.92 Å². The monoisotopic (exact) mass is 315 g/mol. The summed E-state index contributed by atoms with van der Waals surface area (Å²) in [5, 5.41) is 1.91. The number of benzene rings is 1. The predicted molar refractivity (Wildman–Crippen MR) is 71.2 cm³/mol. The highest BCUT2D eigenvalue weighted by atomic mass is 35.5. The van der Waals surface area contributed by atoms with Gasteiger partial charge >= 0.3 is 6.18 Å². The smallest absolute Gasteiger partial charge is 0.321 e. The van der Waals surface area contributed by atoms with Gasteiger partial charge in [-0.3, -0.25) is 4.79 Å². The maximum absolute atomic E-state index is 12.7. The molecule has 1 aromatic heterocycles. The van der Waals surface area contributed by atoms with Gasteiger partial charge in [0, 0.05) is 11.4 Å². The molecule has 110 valence electrons. The number of hydrogen-bond donors (Lipinski definition) is 1. The van der Waals surface area contributed by atoms with Crippen molar-refractivity contribution < 1.29 is 18.0 Å². The van der Waals surface area contributed by atoms with Crippen LogP contribution in [0.4, 0.5) is 18.9 Å². The van der Waals surface area contributed by atoms with Crippen molar-refractivity contribution >= 4 is 23.2 Å². The first-order chi connectivity index (χ1) is 9.77. The van der Waals surface area contributed by atoms with Gasteiger partial charge in [-0.1, -0.05) is 11.6 Å². The van der Waals surface area contributed by atoms with Gasteiger partial charge in [0.25, 0.3) is 5.91 Å². The first-order valence-corrected chi connectivity index (χ1v) is 6.12. The van der Waals surface area contributed by atoms with Crippen LogP contribution in [0.3, 0.4) is 0 Å². The fraction of sp³-hybridized carbons (Fsp3) is 0.154. The van der Waals surface area contributed by atoms with Crippen LogP contribution in [0.2, 0.25) is 5.02 Å². The number of rotatable bonds is 2. The van der Waals surface area contributed by atoms with E-state index in [1.807, 2.05) is 0 Å². The Kier molecular flexibility index (Phi) is 4.13. The second kappa shape index (κ2) is 5.69. The number of hydrogen-bond acceptors (Lipinski definition) is 3. The molecule has 8 heteroatoms. The van der Waals surface area contributed by atoms with Gasteiger partial charge in [-0.25, -0.2) is 9.97 Å². The molecule has 0 bridgehead atoms. The molecule has 0 atom stereocenters. The van der Waals surface area contributed by atoms with E-state index in [1.54, 1.807) is 6.92 Å². The fourth-order valence-corrected chi connectivity index (χ4v) is 1.82. The number of carbonyl (C=O) groups is 1. The topological polar surface area (TPSA) is 54.9 Å². The third-order valence-electron chi connectivity index (χ3n) is 2.57. The van der Waals surface area contributed by atoms with Crippen molar-refractivity contribution in [1.29, 1.82) is 0 Å². The number of aromatic nitrogens is 2. The molecular formula is C13H9ClF3N3O. The minimum atomic E-state index is -4.59. The van der Waals surface area contributed by atoms with Crippen LogP contribution >= 0.6 is 11.6 Å². The van der Waals surface area contributed by atoms with Crippen molar-refractivity contribution in [2.75, 3.05) is 5.32 Å². The highest BCUT2D eigenvalue weighted by molar-refractivity contribution is 6.31. The molecule has 2 aromatic rings. The summed E-state index contributed by atoms with van der Waals surface area (Å²) in [4.78, 5) is 19.5. The Labute approximate surface area is 123 Å². The lowest BCUT2D eigenvalue weighted by Crippen LogP contribution is -2.15. The maximum atomic E-state index is 12.7. The van der Waals surface area contributed by atoms with E-state index >= 15 is 0 Å². The number of nitrogens with zero attached hydrogens (tertiary/aromatic N) is 2. The summed E-state index contributed by atoms with van der Waals surface area (Å²) in [5.41, 5.74) is -0.401. The highest BCUT2D eigenvalue weighted by Crippen LogP contribution is 2.36. The molecule has 0 fully saturated rings. The number of aryl methyl sites for hydroxylation is 1. The Bertz CT molecular complexity index is 689. The molecule has 4 nitrogen and oxygen atoms in total. The van der Waals surface area contributed by atoms with Gasteiger partial charge in [-0.2, -0.15) is 13.2 Å². The summed E-state index contributed by atoms with van der Waals surface area (Å²) >= 11 is 5.50. The van der Waals surface area contributed by atoms with Crippen molar-refractivity contribution in [1.82, 2.24) is 9.97 Å². The van der Waals surface area contributed by atoms with Crippen LogP contribution in [-0.2, 0) is 6.18 Å². The van der Waals surface area contributed by atoms with E-state index in [9.17, 15) is 18.0 Å². The Hall–Kier alpha value is -2.15. The molecule has 2 rings (SSSR count). The molecule has 0 aliphatic carbocycles. The zero-order valence-electron chi connectivity index (χ0n) is 10.7. The van der Waals surface area contributed by atoms with Crippen molar-refractivity contribution in [3.05, 3.63) is 52.6 Å². The summed E-state index contributed by atoms with van der Waals surface area (Å²) in [5.74, 6) is -0.629. The van der Waals surface area contributed by atoms with Crippen LogP contribution in [0.1, 0.15) is 21.7 Å². The molecule has 1 heterocycles. The number of anilines is 1.